The molecular weight excluding hydrogens is 290 g/mol. The summed E-state index contributed by atoms with van der Waals surface area (Å²) in [6.07, 6.45) is 5.14. The van der Waals surface area contributed by atoms with Gasteiger partial charge >= 0.3 is 0 Å². The van der Waals surface area contributed by atoms with Gasteiger partial charge in [0.05, 0.1) is 12.7 Å². The van der Waals surface area contributed by atoms with E-state index < -0.39 is 0 Å². The number of amides is 1. The van der Waals surface area contributed by atoms with Crippen molar-refractivity contribution in [2.24, 2.45) is 0 Å². The molecule has 1 amide bonds. The van der Waals surface area contributed by atoms with E-state index in [0.29, 0.717) is 19.6 Å². The molecule has 1 aromatic carbocycles. The number of hydrogen-bond donors (Lipinski definition) is 1. The Balaban J connectivity index is 1.79. The zero-order valence-corrected chi connectivity index (χ0v) is 14.4. The maximum absolute atomic E-state index is 12.0. The lowest BCUT2D eigenvalue weighted by atomic mass is 10.0. The molecule has 23 heavy (non-hydrogen) atoms. The molecule has 1 heterocycles. The first-order valence-corrected chi connectivity index (χ1v) is 8.44. The molecule has 4 nitrogen and oxygen atoms in total. The van der Waals surface area contributed by atoms with E-state index in [2.05, 4.69) is 25.2 Å². The van der Waals surface area contributed by atoms with Gasteiger partial charge in [-0.2, -0.15) is 0 Å². The molecule has 2 aromatic rings. The van der Waals surface area contributed by atoms with E-state index in [1.165, 1.54) is 5.56 Å². The molecule has 4 heteroatoms. The number of furan rings is 1. The van der Waals surface area contributed by atoms with E-state index in [9.17, 15) is 4.79 Å². The Morgan fingerprint density at radius 3 is 2.78 bits per heavy atom. The standard InChI is InChI=1S/C19H27NO3/c1-4-5-10-22-11-6-9-20-18(21)12-16-13-23-19-15(3)14(2)7-8-17(16)19/h7-8,13H,4-6,9-12H2,1-3H3,(H,20,21). The van der Waals surface area contributed by atoms with E-state index in [1.807, 2.05) is 13.0 Å². The highest BCUT2D eigenvalue weighted by Crippen LogP contribution is 2.26. The van der Waals surface area contributed by atoms with Crippen LogP contribution in [0, 0.1) is 13.8 Å². The third-order valence-electron chi connectivity index (χ3n) is 4.12. The monoisotopic (exact) mass is 317 g/mol. The minimum Gasteiger partial charge on any atom is -0.464 e. The van der Waals surface area contributed by atoms with Crippen LogP contribution in [0.5, 0.6) is 0 Å². The zero-order chi connectivity index (χ0) is 16.7. The first kappa shape index (κ1) is 17.5. The van der Waals surface area contributed by atoms with Gasteiger partial charge in [0.15, 0.2) is 0 Å². The maximum atomic E-state index is 12.0. The molecule has 0 aliphatic carbocycles. The summed E-state index contributed by atoms with van der Waals surface area (Å²) in [5.41, 5.74) is 4.17. The van der Waals surface area contributed by atoms with Gasteiger partial charge in [0, 0.05) is 30.7 Å². The van der Waals surface area contributed by atoms with Gasteiger partial charge in [0.2, 0.25) is 5.91 Å². The van der Waals surface area contributed by atoms with Gasteiger partial charge in [0.25, 0.3) is 0 Å². The van der Waals surface area contributed by atoms with Gasteiger partial charge in [-0.15, -0.1) is 0 Å². The first-order valence-electron chi connectivity index (χ1n) is 8.44. The lowest BCUT2D eigenvalue weighted by molar-refractivity contribution is -0.120. The van der Waals surface area contributed by atoms with Crippen LogP contribution in [0.4, 0.5) is 0 Å². The molecule has 0 fully saturated rings. The zero-order valence-electron chi connectivity index (χ0n) is 14.4. The van der Waals surface area contributed by atoms with Crippen LogP contribution in [0.15, 0.2) is 22.8 Å². The lowest BCUT2D eigenvalue weighted by Gasteiger charge is -2.06. The Kier molecular flexibility index (Phi) is 6.66. The van der Waals surface area contributed by atoms with Crippen LogP contribution in [0.3, 0.4) is 0 Å². The van der Waals surface area contributed by atoms with Crippen molar-refractivity contribution in [3.63, 3.8) is 0 Å². The maximum Gasteiger partial charge on any atom is 0.224 e. The fourth-order valence-electron chi connectivity index (χ4n) is 2.51. The van der Waals surface area contributed by atoms with E-state index in [1.54, 1.807) is 6.26 Å². The SMILES string of the molecule is CCCCOCCCNC(=O)Cc1coc2c(C)c(C)ccc12. The summed E-state index contributed by atoms with van der Waals surface area (Å²) >= 11 is 0. The number of benzene rings is 1. The second-order valence-electron chi connectivity index (χ2n) is 5.99. The van der Waals surface area contributed by atoms with Crippen molar-refractivity contribution < 1.29 is 13.9 Å². The molecule has 0 bridgehead atoms. The fourth-order valence-corrected chi connectivity index (χ4v) is 2.51. The Bertz CT molecular complexity index is 645. The average Bonchev–Trinajstić information content (AvgIpc) is 2.93. The van der Waals surface area contributed by atoms with Crippen LogP contribution in [0.1, 0.15) is 42.9 Å². The number of ether oxygens (including phenoxy) is 1. The average molecular weight is 317 g/mol. The predicted octanol–water partition coefficient (Wildman–Crippen LogP) is 3.92. The predicted molar refractivity (Wildman–Crippen MR) is 92.7 cm³/mol. The number of fused-ring (bicyclic) bond motifs is 1. The van der Waals surface area contributed by atoms with E-state index in [0.717, 1.165) is 48.0 Å². The van der Waals surface area contributed by atoms with Gasteiger partial charge < -0.3 is 14.5 Å². The quantitative estimate of drug-likeness (QED) is 0.713. The van der Waals surface area contributed by atoms with Gasteiger partial charge in [-0.1, -0.05) is 25.5 Å². The Morgan fingerprint density at radius 1 is 1.22 bits per heavy atom. The minimum atomic E-state index is 0.0273. The summed E-state index contributed by atoms with van der Waals surface area (Å²) in [4.78, 5) is 12.0. The third kappa shape index (κ3) is 4.83. The molecule has 2 rings (SSSR count). The van der Waals surface area contributed by atoms with Gasteiger partial charge in [-0.3, -0.25) is 4.79 Å². The molecule has 0 aliphatic heterocycles. The van der Waals surface area contributed by atoms with Crippen LogP contribution in [-0.4, -0.2) is 25.7 Å². The molecule has 0 unspecified atom stereocenters. The molecule has 1 N–H and O–H groups in total. The highest BCUT2D eigenvalue weighted by atomic mass is 16.5. The van der Waals surface area contributed by atoms with Crippen molar-refractivity contribution >= 4 is 16.9 Å². The molecule has 0 saturated heterocycles. The van der Waals surface area contributed by atoms with E-state index in [4.69, 9.17) is 9.15 Å². The van der Waals surface area contributed by atoms with Crippen molar-refractivity contribution in [2.45, 2.75) is 46.5 Å². The van der Waals surface area contributed by atoms with Crippen molar-refractivity contribution in [1.29, 1.82) is 0 Å². The summed E-state index contributed by atoms with van der Waals surface area (Å²) in [5, 5.41) is 3.98. The first-order chi connectivity index (χ1) is 11.1. The number of rotatable bonds is 9. The fraction of sp³-hybridized carbons (Fsp3) is 0.526. The van der Waals surface area contributed by atoms with Crippen LogP contribution in [-0.2, 0) is 16.0 Å². The molecular formula is C19H27NO3. The molecule has 0 saturated carbocycles. The number of carbonyl (C=O) groups excluding carboxylic acids is 1. The normalized spacial score (nSPS) is 11.1. The molecule has 0 aliphatic rings. The number of nitrogens with one attached hydrogen (secondary N) is 1. The Labute approximate surface area is 138 Å². The number of hydrogen-bond acceptors (Lipinski definition) is 3. The lowest BCUT2D eigenvalue weighted by Crippen LogP contribution is -2.26. The molecule has 1 aromatic heterocycles. The second-order valence-corrected chi connectivity index (χ2v) is 5.99. The number of carbonyl (C=O) groups is 1. The van der Waals surface area contributed by atoms with E-state index >= 15 is 0 Å². The molecule has 0 radical (unpaired) electrons. The van der Waals surface area contributed by atoms with Crippen LogP contribution in [0.2, 0.25) is 0 Å². The van der Waals surface area contributed by atoms with Crippen molar-refractivity contribution in [2.75, 3.05) is 19.8 Å². The van der Waals surface area contributed by atoms with Crippen molar-refractivity contribution in [3.8, 4) is 0 Å². The topological polar surface area (TPSA) is 51.5 Å². The van der Waals surface area contributed by atoms with Crippen LogP contribution >= 0.6 is 0 Å². The summed E-state index contributed by atoms with van der Waals surface area (Å²) in [5.74, 6) is 0.0273. The molecule has 0 spiro atoms. The Morgan fingerprint density at radius 2 is 2.00 bits per heavy atom. The van der Waals surface area contributed by atoms with Gasteiger partial charge in [-0.05, 0) is 37.8 Å². The highest BCUT2D eigenvalue weighted by molar-refractivity contribution is 5.89. The smallest absolute Gasteiger partial charge is 0.224 e. The van der Waals surface area contributed by atoms with Crippen LogP contribution in [0.25, 0.3) is 11.0 Å². The number of unbranched alkanes of at least 4 members (excludes halogenated alkanes) is 1. The van der Waals surface area contributed by atoms with Crippen LogP contribution < -0.4 is 5.32 Å². The highest BCUT2D eigenvalue weighted by Gasteiger charge is 2.12. The van der Waals surface area contributed by atoms with Gasteiger partial charge in [0.1, 0.15) is 5.58 Å². The van der Waals surface area contributed by atoms with Crippen molar-refractivity contribution in [3.05, 3.63) is 35.1 Å². The Hall–Kier alpha value is -1.81. The summed E-state index contributed by atoms with van der Waals surface area (Å²) in [6, 6.07) is 4.10. The minimum absolute atomic E-state index is 0.0273. The third-order valence-corrected chi connectivity index (χ3v) is 4.12. The summed E-state index contributed by atoms with van der Waals surface area (Å²) in [6.45, 7) is 8.41. The largest absolute Gasteiger partial charge is 0.464 e. The number of aryl methyl sites for hydroxylation is 2. The van der Waals surface area contributed by atoms with Gasteiger partial charge in [-0.25, -0.2) is 0 Å². The van der Waals surface area contributed by atoms with Crippen molar-refractivity contribution in [1.82, 2.24) is 5.32 Å². The molecule has 126 valence electrons. The summed E-state index contributed by atoms with van der Waals surface area (Å²) in [7, 11) is 0. The summed E-state index contributed by atoms with van der Waals surface area (Å²) < 4.78 is 11.1. The molecule has 0 atom stereocenters. The van der Waals surface area contributed by atoms with E-state index in [-0.39, 0.29) is 5.91 Å². The second kappa shape index (κ2) is 8.73.